The van der Waals surface area contributed by atoms with Crippen molar-refractivity contribution < 1.29 is 22.7 Å². The number of anilines is 1. The van der Waals surface area contributed by atoms with E-state index in [0.29, 0.717) is 22.7 Å². The van der Waals surface area contributed by atoms with Crippen LogP contribution in [0.5, 0.6) is 11.5 Å². The number of hydrogen-bond donors (Lipinski definition) is 2. The summed E-state index contributed by atoms with van der Waals surface area (Å²) in [6.45, 7) is 5.95. The van der Waals surface area contributed by atoms with E-state index < -0.39 is 10.0 Å². The Morgan fingerprint density at radius 2 is 1.64 bits per heavy atom. The van der Waals surface area contributed by atoms with Gasteiger partial charge < -0.3 is 14.8 Å². The molecule has 3 aromatic carbocycles. The number of carbonyl (C=O) groups is 1. The number of methoxy groups -OCH3 is 1. The van der Waals surface area contributed by atoms with Crippen LogP contribution in [0.15, 0.2) is 65.6 Å². The van der Waals surface area contributed by atoms with E-state index in [2.05, 4.69) is 10.0 Å². The fraction of sp³-hybridized carbons (Fsp3) is 0.240. The first-order chi connectivity index (χ1) is 15.7. The highest BCUT2D eigenvalue weighted by Gasteiger charge is 2.20. The molecule has 0 aliphatic heterocycles. The number of rotatable bonds is 9. The van der Waals surface area contributed by atoms with Crippen molar-refractivity contribution in [2.45, 2.75) is 25.7 Å². The van der Waals surface area contributed by atoms with E-state index in [1.54, 1.807) is 50.4 Å². The lowest BCUT2D eigenvalue weighted by molar-refractivity contribution is 0.0946. The molecule has 174 valence electrons. The van der Waals surface area contributed by atoms with Crippen LogP contribution < -0.4 is 19.5 Å². The van der Waals surface area contributed by atoms with Crippen LogP contribution in [0.25, 0.3) is 0 Å². The van der Waals surface area contributed by atoms with Gasteiger partial charge in [0.05, 0.1) is 24.2 Å². The van der Waals surface area contributed by atoms with Crippen molar-refractivity contribution in [2.24, 2.45) is 0 Å². The van der Waals surface area contributed by atoms with Crippen LogP contribution in [0.2, 0.25) is 0 Å². The molecule has 2 N–H and O–H groups in total. The summed E-state index contributed by atoms with van der Waals surface area (Å²) in [6, 6.07) is 17.3. The van der Waals surface area contributed by atoms with E-state index in [9.17, 15) is 13.2 Å². The molecule has 0 aliphatic carbocycles. The topological polar surface area (TPSA) is 93.7 Å². The zero-order valence-electron chi connectivity index (χ0n) is 19.1. The second-order valence-electron chi connectivity index (χ2n) is 7.59. The lowest BCUT2D eigenvalue weighted by Crippen LogP contribution is -2.28. The highest BCUT2D eigenvalue weighted by molar-refractivity contribution is 7.92. The van der Waals surface area contributed by atoms with E-state index in [-0.39, 0.29) is 29.5 Å². The Labute approximate surface area is 194 Å². The van der Waals surface area contributed by atoms with Crippen LogP contribution in [0.1, 0.15) is 27.0 Å². The van der Waals surface area contributed by atoms with Crippen LogP contribution in [0.3, 0.4) is 0 Å². The zero-order chi connectivity index (χ0) is 24.0. The van der Waals surface area contributed by atoms with Gasteiger partial charge in [0, 0.05) is 5.56 Å². The van der Waals surface area contributed by atoms with Crippen molar-refractivity contribution in [3.63, 3.8) is 0 Å². The Bertz CT molecular complexity index is 1260. The standard InChI is InChI=1S/C25H28N2O5S/c1-17-8-7-9-21(19(17)3)27-33(29,30)24-16-20(13-12-18(24)2)25(28)26-14-15-32-23-11-6-5-10-22(23)31-4/h5-13,16,27H,14-15H2,1-4H3,(H,26,28). The Kier molecular flexibility index (Phi) is 7.60. The quantitative estimate of drug-likeness (QED) is 0.459. The van der Waals surface area contributed by atoms with E-state index >= 15 is 0 Å². The van der Waals surface area contributed by atoms with E-state index in [1.165, 1.54) is 6.07 Å². The van der Waals surface area contributed by atoms with Gasteiger partial charge >= 0.3 is 0 Å². The number of amides is 1. The fourth-order valence-corrected chi connectivity index (χ4v) is 4.65. The lowest BCUT2D eigenvalue weighted by atomic mass is 10.1. The maximum Gasteiger partial charge on any atom is 0.262 e. The Balaban J connectivity index is 1.68. The number of ether oxygens (including phenoxy) is 2. The summed E-state index contributed by atoms with van der Waals surface area (Å²) < 4.78 is 39.7. The van der Waals surface area contributed by atoms with Gasteiger partial charge in [-0.05, 0) is 67.8 Å². The zero-order valence-corrected chi connectivity index (χ0v) is 20.0. The van der Waals surface area contributed by atoms with Crippen LogP contribution in [0.4, 0.5) is 5.69 Å². The molecular weight excluding hydrogens is 440 g/mol. The molecule has 0 spiro atoms. The predicted octanol–water partition coefficient (Wildman–Crippen LogP) is 4.23. The van der Waals surface area contributed by atoms with Gasteiger partial charge in [0.15, 0.2) is 11.5 Å². The summed E-state index contributed by atoms with van der Waals surface area (Å²) in [5.74, 6) is 0.797. The smallest absolute Gasteiger partial charge is 0.262 e. The second-order valence-corrected chi connectivity index (χ2v) is 9.24. The van der Waals surface area contributed by atoms with E-state index in [0.717, 1.165) is 11.1 Å². The van der Waals surface area contributed by atoms with Crippen molar-refractivity contribution >= 4 is 21.6 Å². The summed E-state index contributed by atoms with van der Waals surface area (Å²) in [7, 11) is -2.32. The molecule has 0 unspecified atom stereocenters. The number of para-hydroxylation sites is 2. The minimum atomic E-state index is -3.88. The van der Waals surface area contributed by atoms with Gasteiger partial charge in [-0.25, -0.2) is 8.42 Å². The average molecular weight is 469 g/mol. The number of hydrogen-bond acceptors (Lipinski definition) is 5. The van der Waals surface area contributed by atoms with Gasteiger partial charge in [0.25, 0.3) is 15.9 Å². The van der Waals surface area contributed by atoms with E-state index in [1.807, 2.05) is 32.0 Å². The van der Waals surface area contributed by atoms with Gasteiger partial charge in [-0.3, -0.25) is 9.52 Å². The molecule has 0 fully saturated rings. The van der Waals surface area contributed by atoms with E-state index in [4.69, 9.17) is 9.47 Å². The fourth-order valence-electron chi connectivity index (χ4n) is 3.26. The minimum absolute atomic E-state index is 0.0568. The maximum absolute atomic E-state index is 13.1. The summed E-state index contributed by atoms with van der Waals surface area (Å²) in [6.07, 6.45) is 0. The predicted molar refractivity (Wildman–Crippen MR) is 129 cm³/mol. The SMILES string of the molecule is COc1ccccc1OCCNC(=O)c1ccc(C)c(S(=O)(=O)Nc2cccc(C)c2C)c1. The number of carbonyl (C=O) groups excluding carboxylic acids is 1. The molecule has 0 atom stereocenters. The first-order valence-corrected chi connectivity index (χ1v) is 11.9. The molecule has 0 heterocycles. The van der Waals surface area contributed by atoms with Crippen molar-refractivity contribution in [3.05, 3.63) is 82.9 Å². The summed E-state index contributed by atoms with van der Waals surface area (Å²) >= 11 is 0. The van der Waals surface area contributed by atoms with Gasteiger partial charge in [-0.1, -0.05) is 30.3 Å². The first kappa shape index (κ1) is 24.1. The van der Waals surface area contributed by atoms with Gasteiger partial charge in [-0.15, -0.1) is 0 Å². The Hall–Kier alpha value is -3.52. The lowest BCUT2D eigenvalue weighted by Gasteiger charge is -2.15. The van der Waals surface area contributed by atoms with Crippen LogP contribution in [-0.2, 0) is 10.0 Å². The van der Waals surface area contributed by atoms with Crippen LogP contribution >= 0.6 is 0 Å². The molecule has 3 aromatic rings. The highest BCUT2D eigenvalue weighted by atomic mass is 32.2. The van der Waals surface area contributed by atoms with Crippen molar-refractivity contribution in [2.75, 3.05) is 25.0 Å². The Morgan fingerprint density at radius 1 is 0.909 bits per heavy atom. The summed E-state index contributed by atoms with van der Waals surface area (Å²) in [5, 5.41) is 2.75. The largest absolute Gasteiger partial charge is 0.493 e. The molecule has 0 aromatic heterocycles. The minimum Gasteiger partial charge on any atom is -0.493 e. The molecule has 0 radical (unpaired) electrons. The third-order valence-corrected chi connectivity index (χ3v) is 6.81. The normalized spacial score (nSPS) is 11.0. The number of aryl methyl sites for hydroxylation is 2. The van der Waals surface area contributed by atoms with Crippen molar-refractivity contribution in [3.8, 4) is 11.5 Å². The molecule has 3 rings (SSSR count). The monoisotopic (exact) mass is 468 g/mol. The Morgan fingerprint density at radius 3 is 2.36 bits per heavy atom. The second kappa shape index (κ2) is 10.4. The van der Waals surface area contributed by atoms with Crippen LogP contribution in [-0.4, -0.2) is 34.6 Å². The van der Waals surface area contributed by atoms with Crippen molar-refractivity contribution in [1.82, 2.24) is 5.32 Å². The van der Waals surface area contributed by atoms with Gasteiger partial charge in [0.2, 0.25) is 0 Å². The molecule has 0 saturated carbocycles. The third-order valence-electron chi connectivity index (χ3n) is 5.30. The van der Waals surface area contributed by atoms with Gasteiger partial charge in [0.1, 0.15) is 6.61 Å². The molecule has 0 saturated heterocycles. The molecular formula is C25H28N2O5S. The van der Waals surface area contributed by atoms with Crippen LogP contribution in [0, 0.1) is 20.8 Å². The number of benzene rings is 3. The first-order valence-electron chi connectivity index (χ1n) is 10.5. The average Bonchev–Trinajstić information content (AvgIpc) is 2.80. The molecule has 1 amide bonds. The van der Waals surface area contributed by atoms with Gasteiger partial charge in [-0.2, -0.15) is 0 Å². The molecule has 0 aliphatic rings. The van der Waals surface area contributed by atoms with Crippen molar-refractivity contribution in [1.29, 1.82) is 0 Å². The summed E-state index contributed by atoms with van der Waals surface area (Å²) in [5.41, 5.74) is 3.14. The molecule has 8 heteroatoms. The maximum atomic E-state index is 13.1. The molecule has 0 bridgehead atoms. The number of sulfonamides is 1. The third kappa shape index (κ3) is 5.84. The highest BCUT2D eigenvalue weighted by Crippen LogP contribution is 2.26. The number of nitrogens with one attached hydrogen (secondary N) is 2. The molecule has 33 heavy (non-hydrogen) atoms. The molecule has 7 nitrogen and oxygen atoms in total. The summed E-state index contributed by atoms with van der Waals surface area (Å²) in [4.78, 5) is 12.7.